The molecule has 0 atom stereocenters. The highest BCUT2D eigenvalue weighted by Gasteiger charge is 2.35. The molecule has 2 aliphatic rings. The van der Waals surface area contributed by atoms with Crippen molar-refractivity contribution in [2.45, 2.75) is 39.0 Å². The maximum atomic E-state index is 12.4. The fraction of sp³-hybridized carbons (Fsp3) is 0.444. The number of nitrogens with zero attached hydrogens (tertiary/aromatic N) is 3. The van der Waals surface area contributed by atoms with Crippen molar-refractivity contribution < 1.29 is 14.1 Å². The molecule has 25 heavy (non-hydrogen) atoms. The second-order valence-electron chi connectivity index (χ2n) is 6.67. The van der Waals surface area contributed by atoms with Crippen molar-refractivity contribution in [1.82, 2.24) is 10.1 Å². The van der Waals surface area contributed by atoms with Crippen LogP contribution in [0.5, 0.6) is 0 Å². The molecule has 0 saturated heterocycles. The second-order valence-corrected chi connectivity index (χ2v) is 6.67. The number of hydrogen-bond donors (Lipinski definition) is 1. The Kier molecular flexibility index (Phi) is 3.99. The summed E-state index contributed by atoms with van der Waals surface area (Å²) in [5.74, 6) is 1.07. The van der Waals surface area contributed by atoms with Gasteiger partial charge >= 0.3 is 0 Å². The molecule has 130 valence electrons. The lowest BCUT2D eigenvalue weighted by molar-refractivity contribution is -0.120. The summed E-state index contributed by atoms with van der Waals surface area (Å²) in [5, 5.41) is 6.59. The van der Waals surface area contributed by atoms with Gasteiger partial charge in [-0.15, -0.1) is 0 Å². The van der Waals surface area contributed by atoms with Gasteiger partial charge in [-0.05, 0) is 49.4 Å². The highest BCUT2D eigenvalue weighted by atomic mass is 16.5. The van der Waals surface area contributed by atoms with Gasteiger partial charge in [-0.1, -0.05) is 5.16 Å². The number of carbonyl (C=O) groups is 2. The monoisotopic (exact) mass is 340 g/mol. The van der Waals surface area contributed by atoms with Gasteiger partial charge in [0.2, 0.25) is 17.7 Å². The number of benzene rings is 1. The van der Waals surface area contributed by atoms with E-state index in [1.54, 1.807) is 6.92 Å². The lowest BCUT2D eigenvalue weighted by Gasteiger charge is -2.30. The first kappa shape index (κ1) is 15.8. The Morgan fingerprint density at radius 1 is 1.36 bits per heavy atom. The van der Waals surface area contributed by atoms with Crippen molar-refractivity contribution in [2.24, 2.45) is 5.92 Å². The van der Waals surface area contributed by atoms with Crippen LogP contribution in [-0.2, 0) is 22.4 Å². The molecule has 1 aliphatic carbocycles. The number of aromatic nitrogens is 2. The molecule has 7 heteroatoms. The molecule has 2 heterocycles. The number of rotatable bonds is 4. The number of carbonyl (C=O) groups excluding carboxylic acids is 2. The van der Waals surface area contributed by atoms with Crippen LogP contribution in [0.25, 0.3) is 0 Å². The van der Waals surface area contributed by atoms with E-state index < -0.39 is 0 Å². The zero-order valence-corrected chi connectivity index (χ0v) is 14.1. The molecule has 1 aromatic carbocycles. The minimum Gasteiger partial charge on any atom is -0.340 e. The highest BCUT2D eigenvalue weighted by molar-refractivity contribution is 5.98. The van der Waals surface area contributed by atoms with Crippen molar-refractivity contribution in [3.8, 4) is 0 Å². The Hall–Kier alpha value is -2.70. The van der Waals surface area contributed by atoms with E-state index in [0.29, 0.717) is 11.7 Å². The first-order valence-corrected chi connectivity index (χ1v) is 8.63. The zero-order chi connectivity index (χ0) is 17.4. The molecule has 1 aliphatic heterocycles. The molecule has 2 aromatic rings. The average molecular weight is 340 g/mol. The molecule has 7 nitrogen and oxygen atoms in total. The van der Waals surface area contributed by atoms with Crippen LogP contribution in [0.1, 0.15) is 36.5 Å². The molecule has 0 unspecified atom stereocenters. The van der Waals surface area contributed by atoms with E-state index in [-0.39, 0.29) is 24.2 Å². The fourth-order valence-corrected chi connectivity index (χ4v) is 3.22. The minimum absolute atomic E-state index is 0.0702. The predicted molar refractivity (Wildman–Crippen MR) is 91.2 cm³/mol. The molecule has 0 bridgehead atoms. The van der Waals surface area contributed by atoms with Gasteiger partial charge in [-0.25, -0.2) is 0 Å². The van der Waals surface area contributed by atoms with Crippen LogP contribution < -0.4 is 10.2 Å². The molecule has 0 radical (unpaired) electrons. The lowest BCUT2D eigenvalue weighted by Crippen LogP contribution is -2.36. The van der Waals surface area contributed by atoms with Crippen molar-refractivity contribution in [1.29, 1.82) is 0 Å². The Labute approximate surface area is 145 Å². The van der Waals surface area contributed by atoms with Crippen LogP contribution in [0, 0.1) is 12.8 Å². The van der Waals surface area contributed by atoms with E-state index in [9.17, 15) is 9.59 Å². The summed E-state index contributed by atoms with van der Waals surface area (Å²) in [6.07, 6.45) is 3.95. The summed E-state index contributed by atoms with van der Waals surface area (Å²) in [6, 6.07) is 5.74. The van der Waals surface area contributed by atoms with Crippen LogP contribution in [0.2, 0.25) is 0 Å². The number of anilines is 2. The standard InChI is InChI=1S/C18H20N4O3/c1-11-19-16(21-25-11)10-17(23)20-14-6-7-15-13(9-14)3-2-8-22(15)18(24)12-4-5-12/h6-7,9,12H,2-5,8,10H2,1H3,(H,20,23). The first-order chi connectivity index (χ1) is 12.1. The summed E-state index contributed by atoms with van der Waals surface area (Å²) in [6.45, 7) is 2.47. The van der Waals surface area contributed by atoms with E-state index in [1.165, 1.54) is 0 Å². The van der Waals surface area contributed by atoms with Gasteiger partial charge in [-0.3, -0.25) is 9.59 Å². The van der Waals surface area contributed by atoms with E-state index >= 15 is 0 Å². The smallest absolute Gasteiger partial charge is 0.232 e. The summed E-state index contributed by atoms with van der Waals surface area (Å²) < 4.78 is 4.87. The third-order valence-electron chi connectivity index (χ3n) is 4.56. The minimum atomic E-state index is -0.192. The van der Waals surface area contributed by atoms with Gasteiger partial charge in [0, 0.05) is 30.8 Å². The van der Waals surface area contributed by atoms with Gasteiger partial charge in [0.1, 0.15) is 0 Å². The van der Waals surface area contributed by atoms with Crippen LogP contribution in [0.3, 0.4) is 0 Å². The highest BCUT2D eigenvalue weighted by Crippen LogP contribution is 2.36. The van der Waals surface area contributed by atoms with Gasteiger partial charge in [0.25, 0.3) is 0 Å². The topological polar surface area (TPSA) is 88.3 Å². The first-order valence-electron chi connectivity index (χ1n) is 8.63. The maximum Gasteiger partial charge on any atom is 0.232 e. The van der Waals surface area contributed by atoms with Crippen molar-refractivity contribution >= 4 is 23.2 Å². The quantitative estimate of drug-likeness (QED) is 0.922. The largest absolute Gasteiger partial charge is 0.340 e. The summed E-state index contributed by atoms with van der Waals surface area (Å²) >= 11 is 0. The van der Waals surface area contributed by atoms with Crippen molar-refractivity contribution in [3.63, 3.8) is 0 Å². The third-order valence-corrected chi connectivity index (χ3v) is 4.56. The predicted octanol–water partition coefficient (Wildman–Crippen LogP) is 2.25. The van der Waals surface area contributed by atoms with Gasteiger partial charge < -0.3 is 14.7 Å². The number of fused-ring (bicyclic) bond motifs is 1. The Morgan fingerprint density at radius 2 is 2.20 bits per heavy atom. The van der Waals surface area contributed by atoms with E-state index in [4.69, 9.17) is 4.52 Å². The molecular weight excluding hydrogens is 320 g/mol. The van der Waals surface area contributed by atoms with E-state index in [1.807, 2.05) is 23.1 Å². The van der Waals surface area contributed by atoms with E-state index in [0.717, 1.165) is 49.2 Å². The molecular formula is C18H20N4O3. The molecule has 1 saturated carbocycles. The third kappa shape index (κ3) is 3.40. The normalized spacial score (nSPS) is 16.4. The van der Waals surface area contributed by atoms with Crippen LogP contribution in [0.15, 0.2) is 22.7 Å². The van der Waals surface area contributed by atoms with E-state index in [2.05, 4.69) is 15.5 Å². The fourth-order valence-electron chi connectivity index (χ4n) is 3.22. The van der Waals surface area contributed by atoms with Crippen LogP contribution in [-0.4, -0.2) is 28.5 Å². The summed E-state index contributed by atoms with van der Waals surface area (Å²) in [4.78, 5) is 30.5. The Morgan fingerprint density at radius 3 is 2.92 bits per heavy atom. The van der Waals surface area contributed by atoms with Crippen LogP contribution >= 0.6 is 0 Å². The molecule has 0 spiro atoms. The van der Waals surface area contributed by atoms with Gasteiger partial charge in [0.05, 0.1) is 6.42 Å². The number of amides is 2. The molecule has 1 fully saturated rings. The summed E-state index contributed by atoms with van der Waals surface area (Å²) in [7, 11) is 0. The molecule has 1 N–H and O–H groups in total. The number of nitrogens with one attached hydrogen (secondary N) is 1. The number of hydrogen-bond acceptors (Lipinski definition) is 5. The lowest BCUT2D eigenvalue weighted by atomic mass is 10.0. The zero-order valence-electron chi connectivity index (χ0n) is 14.1. The average Bonchev–Trinajstić information content (AvgIpc) is 3.36. The van der Waals surface area contributed by atoms with Crippen molar-refractivity contribution in [2.75, 3.05) is 16.8 Å². The second kappa shape index (κ2) is 6.31. The molecule has 4 rings (SSSR count). The maximum absolute atomic E-state index is 12.4. The SMILES string of the molecule is Cc1nc(CC(=O)Nc2ccc3c(c2)CCCN3C(=O)C2CC2)no1. The van der Waals surface area contributed by atoms with Crippen LogP contribution in [0.4, 0.5) is 11.4 Å². The Balaban J connectivity index is 1.47. The van der Waals surface area contributed by atoms with Gasteiger partial charge in [0.15, 0.2) is 5.82 Å². The van der Waals surface area contributed by atoms with Crippen molar-refractivity contribution in [3.05, 3.63) is 35.5 Å². The summed E-state index contributed by atoms with van der Waals surface area (Å²) in [5.41, 5.74) is 2.81. The molecule has 1 aromatic heterocycles. The Bertz CT molecular complexity index is 825. The molecule has 2 amide bonds. The number of aryl methyl sites for hydroxylation is 2. The van der Waals surface area contributed by atoms with Gasteiger partial charge in [-0.2, -0.15) is 4.98 Å².